The van der Waals surface area contributed by atoms with E-state index in [1.807, 2.05) is 6.07 Å². The Bertz CT molecular complexity index is 296. The van der Waals surface area contributed by atoms with Crippen LogP contribution in [0.3, 0.4) is 0 Å². The predicted octanol–water partition coefficient (Wildman–Crippen LogP) is 2.18. The molecule has 0 aliphatic heterocycles. The van der Waals surface area contributed by atoms with Crippen molar-refractivity contribution >= 4 is 0 Å². The van der Waals surface area contributed by atoms with Gasteiger partial charge in [0.25, 0.3) is 5.92 Å². The van der Waals surface area contributed by atoms with Crippen LogP contribution >= 0.6 is 0 Å². The van der Waals surface area contributed by atoms with Gasteiger partial charge in [0.05, 0.1) is 0 Å². The Balaban J connectivity index is 2.59. The Kier molecular flexibility index (Phi) is 3.41. The van der Waals surface area contributed by atoms with Crippen molar-refractivity contribution in [3.8, 4) is 5.75 Å². The van der Waals surface area contributed by atoms with E-state index < -0.39 is 12.5 Å². The Hall–Kier alpha value is -1.16. The first-order valence-corrected chi connectivity index (χ1v) is 4.31. The molecule has 4 heteroatoms. The number of hydrogen-bond acceptors (Lipinski definition) is 2. The molecule has 1 aromatic rings. The molecule has 0 saturated heterocycles. The third-order valence-corrected chi connectivity index (χ3v) is 1.63. The van der Waals surface area contributed by atoms with E-state index in [4.69, 9.17) is 10.5 Å². The molecule has 1 aromatic carbocycles. The lowest BCUT2D eigenvalue weighted by molar-refractivity contribution is -0.0229. The molecule has 2 N–H and O–H groups in total. The Labute approximate surface area is 81.7 Å². The first kappa shape index (κ1) is 10.9. The second-order valence-corrected chi connectivity index (χ2v) is 3.21. The minimum atomic E-state index is -2.81. The van der Waals surface area contributed by atoms with Crippen LogP contribution in [0.25, 0.3) is 0 Å². The maximum Gasteiger partial charge on any atom is 0.278 e. The highest BCUT2D eigenvalue weighted by Crippen LogP contribution is 2.17. The fourth-order valence-electron chi connectivity index (χ4n) is 0.972. The first-order valence-electron chi connectivity index (χ1n) is 4.31. The van der Waals surface area contributed by atoms with Crippen molar-refractivity contribution in [2.45, 2.75) is 19.4 Å². The van der Waals surface area contributed by atoms with E-state index in [-0.39, 0.29) is 0 Å². The maximum atomic E-state index is 12.4. The summed E-state index contributed by atoms with van der Waals surface area (Å²) in [6.07, 6.45) is 0. The molecule has 78 valence electrons. The van der Waals surface area contributed by atoms with Gasteiger partial charge in [-0.15, -0.1) is 0 Å². The van der Waals surface area contributed by atoms with Crippen LogP contribution in [0.4, 0.5) is 8.78 Å². The predicted molar refractivity (Wildman–Crippen MR) is 50.4 cm³/mol. The highest BCUT2D eigenvalue weighted by molar-refractivity contribution is 5.28. The second-order valence-electron chi connectivity index (χ2n) is 3.21. The van der Waals surface area contributed by atoms with Gasteiger partial charge in [-0.3, -0.25) is 0 Å². The topological polar surface area (TPSA) is 35.2 Å². The monoisotopic (exact) mass is 201 g/mol. The van der Waals surface area contributed by atoms with Crippen molar-refractivity contribution in [3.05, 3.63) is 29.8 Å². The van der Waals surface area contributed by atoms with Gasteiger partial charge in [0.1, 0.15) is 5.75 Å². The number of hydrogen-bond donors (Lipinski definition) is 1. The van der Waals surface area contributed by atoms with Crippen molar-refractivity contribution in [3.63, 3.8) is 0 Å². The van der Waals surface area contributed by atoms with Crippen LogP contribution in [0.5, 0.6) is 5.75 Å². The van der Waals surface area contributed by atoms with E-state index in [2.05, 4.69) is 0 Å². The number of benzene rings is 1. The normalized spacial score (nSPS) is 11.4. The lowest BCUT2D eigenvalue weighted by Gasteiger charge is -2.12. The standard InChI is InChI=1S/C10H13F2NO/c1-10(11,12)7-14-9-4-2-3-8(5-9)6-13/h2-5H,6-7,13H2,1H3. The lowest BCUT2D eigenvalue weighted by atomic mass is 10.2. The molecule has 0 fully saturated rings. The number of alkyl halides is 2. The summed E-state index contributed by atoms with van der Waals surface area (Å²) in [5, 5.41) is 0. The van der Waals surface area contributed by atoms with Crippen molar-refractivity contribution in [2.75, 3.05) is 6.61 Å². The highest BCUT2D eigenvalue weighted by atomic mass is 19.3. The molecular weight excluding hydrogens is 188 g/mol. The Morgan fingerprint density at radius 2 is 2.14 bits per heavy atom. The smallest absolute Gasteiger partial charge is 0.278 e. The third-order valence-electron chi connectivity index (χ3n) is 1.63. The van der Waals surface area contributed by atoms with Crippen molar-refractivity contribution < 1.29 is 13.5 Å². The number of rotatable bonds is 4. The highest BCUT2D eigenvalue weighted by Gasteiger charge is 2.21. The summed E-state index contributed by atoms with van der Waals surface area (Å²) >= 11 is 0. The SMILES string of the molecule is CC(F)(F)COc1cccc(CN)c1. The van der Waals surface area contributed by atoms with E-state index >= 15 is 0 Å². The quantitative estimate of drug-likeness (QED) is 0.810. The molecule has 14 heavy (non-hydrogen) atoms. The van der Waals surface area contributed by atoms with E-state index in [0.717, 1.165) is 12.5 Å². The molecule has 0 saturated carbocycles. The minimum absolute atomic E-state index is 0.375. The van der Waals surface area contributed by atoms with Gasteiger partial charge in [-0.05, 0) is 17.7 Å². The molecule has 0 heterocycles. The second kappa shape index (κ2) is 4.37. The van der Waals surface area contributed by atoms with Crippen LogP contribution in [-0.2, 0) is 6.54 Å². The average Bonchev–Trinajstić information content (AvgIpc) is 2.14. The fraction of sp³-hybridized carbons (Fsp3) is 0.400. The number of ether oxygens (including phenoxy) is 1. The zero-order valence-corrected chi connectivity index (χ0v) is 7.97. The van der Waals surface area contributed by atoms with Crippen LogP contribution < -0.4 is 10.5 Å². The zero-order chi connectivity index (χ0) is 10.6. The van der Waals surface area contributed by atoms with Crippen LogP contribution in [0, 0.1) is 0 Å². The zero-order valence-electron chi connectivity index (χ0n) is 7.97. The molecule has 0 aliphatic rings. The van der Waals surface area contributed by atoms with Crippen molar-refractivity contribution in [1.82, 2.24) is 0 Å². The molecule has 0 aromatic heterocycles. The molecule has 2 nitrogen and oxygen atoms in total. The molecule has 0 bridgehead atoms. The van der Waals surface area contributed by atoms with Crippen molar-refractivity contribution in [2.24, 2.45) is 5.73 Å². The molecule has 0 atom stereocenters. The maximum absolute atomic E-state index is 12.4. The van der Waals surface area contributed by atoms with Gasteiger partial charge in [0.15, 0.2) is 6.61 Å². The molecule has 0 spiro atoms. The van der Waals surface area contributed by atoms with Gasteiger partial charge < -0.3 is 10.5 Å². The van der Waals surface area contributed by atoms with Crippen LogP contribution in [-0.4, -0.2) is 12.5 Å². The number of nitrogens with two attached hydrogens (primary N) is 1. The van der Waals surface area contributed by atoms with Gasteiger partial charge >= 0.3 is 0 Å². The number of halogens is 2. The summed E-state index contributed by atoms with van der Waals surface area (Å²) in [5.74, 6) is -2.38. The van der Waals surface area contributed by atoms with Crippen LogP contribution in [0.2, 0.25) is 0 Å². The Morgan fingerprint density at radius 3 is 2.71 bits per heavy atom. The molecular formula is C10H13F2NO. The van der Waals surface area contributed by atoms with Crippen molar-refractivity contribution in [1.29, 1.82) is 0 Å². The van der Waals surface area contributed by atoms with E-state index in [1.54, 1.807) is 18.2 Å². The molecule has 0 unspecified atom stereocenters. The summed E-state index contributed by atoms with van der Waals surface area (Å²) in [4.78, 5) is 0. The first-order chi connectivity index (χ1) is 6.51. The van der Waals surface area contributed by atoms with Gasteiger partial charge in [-0.2, -0.15) is 0 Å². The summed E-state index contributed by atoms with van der Waals surface area (Å²) in [6, 6.07) is 6.83. The van der Waals surface area contributed by atoms with Gasteiger partial charge in [-0.1, -0.05) is 12.1 Å². The van der Waals surface area contributed by atoms with Crippen LogP contribution in [0.1, 0.15) is 12.5 Å². The summed E-state index contributed by atoms with van der Waals surface area (Å²) in [7, 11) is 0. The molecule has 0 aliphatic carbocycles. The van der Waals surface area contributed by atoms with Gasteiger partial charge in [0.2, 0.25) is 0 Å². The fourth-order valence-corrected chi connectivity index (χ4v) is 0.972. The summed E-state index contributed by atoms with van der Waals surface area (Å²) in [6.45, 7) is 0.584. The Morgan fingerprint density at radius 1 is 1.43 bits per heavy atom. The minimum Gasteiger partial charge on any atom is -0.487 e. The van der Waals surface area contributed by atoms with Gasteiger partial charge in [0, 0.05) is 13.5 Å². The molecule has 0 radical (unpaired) electrons. The third kappa shape index (κ3) is 3.70. The molecule has 0 amide bonds. The van der Waals surface area contributed by atoms with Crippen LogP contribution in [0.15, 0.2) is 24.3 Å². The van der Waals surface area contributed by atoms with E-state index in [9.17, 15) is 8.78 Å². The van der Waals surface area contributed by atoms with Gasteiger partial charge in [-0.25, -0.2) is 8.78 Å². The summed E-state index contributed by atoms with van der Waals surface area (Å²) < 4.78 is 29.8. The molecule has 1 rings (SSSR count). The lowest BCUT2D eigenvalue weighted by Crippen LogP contribution is -2.20. The average molecular weight is 201 g/mol. The largest absolute Gasteiger partial charge is 0.487 e. The summed E-state index contributed by atoms with van der Waals surface area (Å²) in [5.41, 5.74) is 6.26. The van der Waals surface area contributed by atoms with E-state index in [1.165, 1.54) is 0 Å². The van der Waals surface area contributed by atoms with E-state index in [0.29, 0.717) is 12.3 Å².